The highest BCUT2D eigenvalue weighted by Gasteiger charge is 2.31. The number of hydrogen-bond acceptors (Lipinski definition) is 5. The quantitative estimate of drug-likeness (QED) is 0.527. The van der Waals surface area contributed by atoms with Crippen molar-refractivity contribution in [3.63, 3.8) is 0 Å². The molecule has 6 nitrogen and oxygen atoms in total. The van der Waals surface area contributed by atoms with Crippen LogP contribution in [0, 0.1) is 5.41 Å². The zero-order valence-corrected chi connectivity index (χ0v) is 15.2. The first-order valence-electron chi connectivity index (χ1n) is 7.48. The largest absolute Gasteiger partial charge is 0.494 e. The lowest BCUT2D eigenvalue weighted by molar-refractivity contribution is -0.126. The Morgan fingerprint density at radius 2 is 2.08 bits per heavy atom. The van der Waals surface area contributed by atoms with Crippen molar-refractivity contribution in [2.45, 2.75) is 20.4 Å². The highest BCUT2D eigenvalue weighted by atomic mass is 35.5. The van der Waals surface area contributed by atoms with Crippen molar-refractivity contribution in [1.82, 2.24) is 9.55 Å². The number of fused-ring (bicyclic) bond motifs is 1. The third kappa shape index (κ3) is 3.01. The topological polar surface area (TPSA) is 98.2 Å². The second-order valence-electron chi connectivity index (χ2n) is 6.34. The first-order chi connectivity index (χ1) is 11.7. The minimum absolute atomic E-state index is 0.0696. The molecule has 8 heteroatoms. The van der Waals surface area contributed by atoms with Gasteiger partial charge in [0.15, 0.2) is 0 Å². The fraction of sp³-hybridized carbons (Fsp3) is 0.235. The van der Waals surface area contributed by atoms with Gasteiger partial charge in [-0.2, -0.15) is 0 Å². The SMILES string of the molecule is CC(C)(Cn1c(O)c(C(=O)c2cccs2)c2nc(Cl)ccc21)C(N)=O. The molecule has 0 spiro atoms. The number of aromatic nitrogens is 2. The smallest absolute Gasteiger partial charge is 0.224 e. The molecule has 25 heavy (non-hydrogen) atoms. The summed E-state index contributed by atoms with van der Waals surface area (Å²) in [6, 6.07) is 6.65. The molecule has 0 aliphatic carbocycles. The lowest BCUT2D eigenvalue weighted by Gasteiger charge is -2.22. The van der Waals surface area contributed by atoms with E-state index in [9.17, 15) is 14.7 Å². The molecule has 0 atom stereocenters. The van der Waals surface area contributed by atoms with E-state index in [4.69, 9.17) is 17.3 Å². The predicted molar refractivity (Wildman–Crippen MR) is 97.1 cm³/mol. The molecule has 0 bridgehead atoms. The summed E-state index contributed by atoms with van der Waals surface area (Å²) in [6.07, 6.45) is 0. The van der Waals surface area contributed by atoms with Crippen LogP contribution in [0.15, 0.2) is 29.6 Å². The van der Waals surface area contributed by atoms with Crippen LogP contribution < -0.4 is 5.73 Å². The molecular formula is C17H16ClN3O3S. The molecule has 0 aliphatic heterocycles. The van der Waals surface area contributed by atoms with Gasteiger partial charge < -0.3 is 15.4 Å². The Kier molecular flexibility index (Phi) is 4.30. The molecule has 3 heterocycles. The molecule has 3 aromatic rings. The summed E-state index contributed by atoms with van der Waals surface area (Å²) in [5.41, 5.74) is 5.39. The lowest BCUT2D eigenvalue weighted by Crippen LogP contribution is -2.35. The molecular weight excluding hydrogens is 362 g/mol. The van der Waals surface area contributed by atoms with E-state index in [2.05, 4.69) is 4.98 Å². The molecule has 3 rings (SSSR count). The number of thiophene rings is 1. The van der Waals surface area contributed by atoms with Crippen molar-refractivity contribution in [3.05, 3.63) is 45.2 Å². The minimum Gasteiger partial charge on any atom is -0.494 e. The van der Waals surface area contributed by atoms with Crippen LogP contribution in [0.2, 0.25) is 5.15 Å². The third-order valence-electron chi connectivity index (χ3n) is 4.04. The minimum atomic E-state index is -0.924. The van der Waals surface area contributed by atoms with Crippen molar-refractivity contribution in [1.29, 1.82) is 0 Å². The molecule has 0 fully saturated rings. The first kappa shape index (κ1) is 17.4. The number of nitrogens with zero attached hydrogens (tertiary/aromatic N) is 2. The van der Waals surface area contributed by atoms with Crippen molar-refractivity contribution in [2.75, 3.05) is 0 Å². The Hall–Kier alpha value is -2.38. The van der Waals surface area contributed by atoms with Gasteiger partial charge in [0, 0.05) is 6.54 Å². The molecule has 0 radical (unpaired) electrons. The van der Waals surface area contributed by atoms with Crippen molar-refractivity contribution in [3.8, 4) is 5.88 Å². The number of carbonyl (C=O) groups excluding carboxylic acids is 2. The van der Waals surface area contributed by atoms with Gasteiger partial charge in [-0.25, -0.2) is 4.98 Å². The van der Waals surface area contributed by atoms with E-state index < -0.39 is 11.3 Å². The van der Waals surface area contributed by atoms with E-state index in [0.29, 0.717) is 15.9 Å². The Morgan fingerprint density at radius 1 is 1.36 bits per heavy atom. The van der Waals surface area contributed by atoms with Crippen LogP contribution in [0.4, 0.5) is 0 Å². The van der Waals surface area contributed by atoms with Crippen molar-refractivity contribution < 1.29 is 14.7 Å². The maximum atomic E-state index is 12.8. The standard InChI is InChI=1S/C17H16ClN3O3S/c1-17(2,16(19)24)8-21-9-5-6-11(18)20-13(9)12(15(21)23)14(22)10-4-3-7-25-10/h3-7,23H,8H2,1-2H3,(H2,19,24). The molecule has 3 aromatic heterocycles. The second kappa shape index (κ2) is 6.16. The van der Waals surface area contributed by atoms with Crippen LogP contribution in [-0.4, -0.2) is 26.3 Å². The summed E-state index contributed by atoms with van der Waals surface area (Å²) in [7, 11) is 0. The van der Waals surface area contributed by atoms with Crippen LogP contribution in [0.25, 0.3) is 11.0 Å². The third-order valence-corrected chi connectivity index (χ3v) is 5.12. The lowest BCUT2D eigenvalue weighted by atomic mass is 9.92. The Balaban J connectivity index is 2.24. The Bertz CT molecular complexity index is 977. The molecule has 0 saturated carbocycles. The molecule has 0 aliphatic rings. The summed E-state index contributed by atoms with van der Waals surface area (Å²) >= 11 is 7.25. The highest BCUT2D eigenvalue weighted by Crippen LogP contribution is 2.35. The van der Waals surface area contributed by atoms with Gasteiger partial charge in [0.1, 0.15) is 16.2 Å². The number of pyridine rings is 1. The Labute approximate surface area is 152 Å². The summed E-state index contributed by atoms with van der Waals surface area (Å²) in [4.78, 5) is 29.2. The number of hydrogen-bond donors (Lipinski definition) is 2. The highest BCUT2D eigenvalue weighted by molar-refractivity contribution is 7.12. The van der Waals surface area contributed by atoms with E-state index in [0.717, 1.165) is 0 Å². The molecule has 1 amide bonds. The molecule has 130 valence electrons. The fourth-order valence-corrected chi connectivity index (χ4v) is 3.38. The number of amides is 1. The fourth-order valence-electron chi connectivity index (χ4n) is 2.56. The summed E-state index contributed by atoms with van der Waals surface area (Å²) in [5.74, 6) is -1.11. The predicted octanol–water partition coefficient (Wildman–Crippen LogP) is 3.20. The van der Waals surface area contributed by atoms with E-state index in [1.807, 2.05) is 0 Å². The summed E-state index contributed by atoms with van der Waals surface area (Å²) in [6.45, 7) is 3.45. The molecule has 0 saturated heterocycles. The molecule has 3 N–H and O–H groups in total. The van der Waals surface area contributed by atoms with Gasteiger partial charge in [-0.15, -0.1) is 11.3 Å². The number of aromatic hydroxyl groups is 1. The maximum absolute atomic E-state index is 12.8. The first-order valence-corrected chi connectivity index (χ1v) is 8.74. The zero-order valence-electron chi connectivity index (χ0n) is 13.6. The van der Waals surface area contributed by atoms with Gasteiger partial charge in [0.2, 0.25) is 17.6 Å². The van der Waals surface area contributed by atoms with Crippen LogP contribution in [-0.2, 0) is 11.3 Å². The molecule has 0 unspecified atom stereocenters. The van der Waals surface area contributed by atoms with Crippen LogP contribution in [0.3, 0.4) is 0 Å². The van der Waals surface area contributed by atoms with E-state index in [-0.39, 0.29) is 28.9 Å². The maximum Gasteiger partial charge on any atom is 0.224 e. The monoisotopic (exact) mass is 377 g/mol. The van der Waals surface area contributed by atoms with Gasteiger partial charge in [-0.1, -0.05) is 17.7 Å². The van der Waals surface area contributed by atoms with E-state index in [1.165, 1.54) is 15.9 Å². The van der Waals surface area contributed by atoms with Crippen molar-refractivity contribution >= 4 is 45.7 Å². The van der Waals surface area contributed by atoms with Gasteiger partial charge in [0.05, 0.1) is 15.8 Å². The number of rotatable bonds is 5. The number of ketones is 1. The van der Waals surface area contributed by atoms with Gasteiger partial charge in [-0.05, 0) is 37.4 Å². The normalized spacial score (nSPS) is 11.8. The summed E-state index contributed by atoms with van der Waals surface area (Å²) < 4.78 is 1.48. The van der Waals surface area contributed by atoms with Crippen molar-refractivity contribution in [2.24, 2.45) is 11.1 Å². The van der Waals surface area contributed by atoms with E-state index in [1.54, 1.807) is 43.5 Å². The van der Waals surface area contributed by atoms with Gasteiger partial charge in [-0.3, -0.25) is 9.59 Å². The summed E-state index contributed by atoms with van der Waals surface area (Å²) in [5, 5.41) is 12.7. The average Bonchev–Trinajstić information content (AvgIpc) is 3.14. The Morgan fingerprint density at radius 3 is 2.68 bits per heavy atom. The zero-order chi connectivity index (χ0) is 18.4. The van der Waals surface area contributed by atoms with Crippen LogP contribution in [0.5, 0.6) is 5.88 Å². The molecule has 0 aromatic carbocycles. The van der Waals surface area contributed by atoms with Gasteiger partial charge >= 0.3 is 0 Å². The van der Waals surface area contributed by atoms with Crippen LogP contribution in [0.1, 0.15) is 29.1 Å². The van der Waals surface area contributed by atoms with E-state index >= 15 is 0 Å². The second-order valence-corrected chi connectivity index (χ2v) is 7.68. The average molecular weight is 378 g/mol. The number of primary amides is 1. The number of carbonyl (C=O) groups is 2. The number of nitrogens with two attached hydrogens (primary N) is 1. The van der Waals surface area contributed by atoms with Crippen LogP contribution >= 0.6 is 22.9 Å². The van der Waals surface area contributed by atoms with Gasteiger partial charge in [0.25, 0.3) is 0 Å². The number of halogens is 1.